The van der Waals surface area contributed by atoms with Crippen LogP contribution in [0.1, 0.15) is 28.4 Å². The Bertz CT molecular complexity index is 1280. The molecule has 0 saturated heterocycles. The van der Waals surface area contributed by atoms with Crippen molar-refractivity contribution in [3.8, 4) is 11.3 Å². The summed E-state index contributed by atoms with van der Waals surface area (Å²) in [6.45, 7) is 3.26. The van der Waals surface area contributed by atoms with Crippen LogP contribution >= 0.6 is 0 Å². The Kier molecular flexibility index (Phi) is 6.67. The number of fused-ring (bicyclic) bond motifs is 1. The lowest BCUT2D eigenvalue weighted by Gasteiger charge is -2.17. The maximum absolute atomic E-state index is 13.4. The number of aromatic nitrogens is 2. The number of carbonyl (C=O) groups is 1. The number of benzene rings is 2. The quantitative estimate of drug-likeness (QED) is 0.250. The highest BCUT2D eigenvalue weighted by Gasteiger charge is 2.18. The average molecular weight is 448 g/mol. The zero-order chi connectivity index (χ0) is 23.4. The number of hydrogen-bond acceptors (Lipinski definition) is 5. The van der Waals surface area contributed by atoms with E-state index in [4.69, 9.17) is 10.8 Å². The van der Waals surface area contributed by atoms with Crippen molar-refractivity contribution in [1.82, 2.24) is 15.3 Å². The van der Waals surface area contributed by atoms with E-state index in [9.17, 15) is 9.18 Å². The number of primary amides is 1. The molecule has 0 aliphatic carbocycles. The SMILES string of the molecule is CCc1c(CNCCO)cccc1Nc1c(C(N)=O)cnc2[nH]c(-c3ccc(F)cc3)cc12. The molecule has 4 rings (SSSR count). The van der Waals surface area contributed by atoms with Gasteiger partial charge in [-0.25, -0.2) is 9.37 Å². The molecular weight excluding hydrogens is 421 g/mol. The third-order valence-corrected chi connectivity index (χ3v) is 5.57. The van der Waals surface area contributed by atoms with E-state index in [-0.39, 0.29) is 18.0 Å². The van der Waals surface area contributed by atoms with Gasteiger partial charge in [0.15, 0.2) is 0 Å². The largest absolute Gasteiger partial charge is 0.395 e. The van der Waals surface area contributed by atoms with Crippen LogP contribution in [0.3, 0.4) is 0 Å². The number of rotatable bonds is 9. The zero-order valence-corrected chi connectivity index (χ0v) is 18.3. The molecule has 0 unspecified atom stereocenters. The Hall–Kier alpha value is -3.75. The van der Waals surface area contributed by atoms with Crippen LogP contribution in [0.15, 0.2) is 54.7 Å². The van der Waals surface area contributed by atoms with Gasteiger partial charge in [0, 0.05) is 36.1 Å². The molecule has 170 valence electrons. The molecule has 2 aromatic heterocycles. The van der Waals surface area contributed by atoms with Gasteiger partial charge < -0.3 is 26.5 Å². The van der Waals surface area contributed by atoms with Crippen molar-refractivity contribution >= 4 is 28.3 Å². The second-order valence-corrected chi connectivity index (χ2v) is 7.69. The fraction of sp³-hybridized carbons (Fsp3) is 0.200. The van der Waals surface area contributed by atoms with Gasteiger partial charge in [-0.2, -0.15) is 0 Å². The lowest BCUT2D eigenvalue weighted by atomic mass is 10.0. The number of carbonyl (C=O) groups excluding carboxylic acids is 1. The molecule has 8 heteroatoms. The zero-order valence-electron chi connectivity index (χ0n) is 18.3. The van der Waals surface area contributed by atoms with E-state index in [1.807, 2.05) is 24.3 Å². The molecule has 0 bridgehead atoms. The summed E-state index contributed by atoms with van der Waals surface area (Å²) < 4.78 is 13.4. The number of aliphatic hydroxyl groups excluding tert-OH is 1. The van der Waals surface area contributed by atoms with E-state index < -0.39 is 5.91 Å². The highest BCUT2D eigenvalue weighted by molar-refractivity contribution is 6.08. The van der Waals surface area contributed by atoms with E-state index in [1.165, 1.54) is 18.3 Å². The highest BCUT2D eigenvalue weighted by Crippen LogP contribution is 2.34. The molecule has 6 N–H and O–H groups in total. The number of nitrogens with one attached hydrogen (secondary N) is 3. The summed E-state index contributed by atoms with van der Waals surface area (Å²) in [5.41, 5.74) is 11.7. The van der Waals surface area contributed by atoms with Crippen LogP contribution in [0.4, 0.5) is 15.8 Å². The Balaban J connectivity index is 1.79. The Morgan fingerprint density at radius 2 is 2.00 bits per heavy atom. The van der Waals surface area contributed by atoms with Crippen molar-refractivity contribution in [2.75, 3.05) is 18.5 Å². The lowest BCUT2D eigenvalue weighted by molar-refractivity contribution is 0.100. The first-order valence-corrected chi connectivity index (χ1v) is 10.8. The summed E-state index contributed by atoms with van der Waals surface area (Å²) in [5.74, 6) is -0.901. The highest BCUT2D eigenvalue weighted by atomic mass is 19.1. The number of nitrogens with zero attached hydrogens (tertiary/aromatic N) is 1. The average Bonchev–Trinajstić information content (AvgIpc) is 3.25. The predicted octanol–water partition coefficient (Wildman–Crippen LogP) is 3.86. The van der Waals surface area contributed by atoms with Crippen molar-refractivity contribution in [3.63, 3.8) is 0 Å². The van der Waals surface area contributed by atoms with Crippen LogP contribution in [0.2, 0.25) is 0 Å². The molecule has 0 spiro atoms. The van der Waals surface area contributed by atoms with E-state index in [2.05, 4.69) is 27.5 Å². The summed E-state index contributed by atoms with van der Waals surface area (Å²) in [4.78, 5) is 19.8. The van der Waals surface area contributed by atoms with Crippen LogP contribution in [-0.4, -0.2) is 34.1 Å². The fourth-order valence-corrected chi connectivity index (χ4v) is 3.95. The molecule has 2 heterocycles. The van der Waals surface area contributed by atoms with Crippen molar-refractivity contribution in [2.45, 2.75) is 19.9 Å². The van der Waals surface area contributed by atoms with Crippen molar-refractivity contribution < 1.29 is 14.3 Å². The molecule has 0 fully saturated rings. The molecule has 0 aliphatic rings. The van der Waals surface area contributed by atoms with Crippen LogP contribution < -0.4 is 16.4 Å². The second kappa shape index (κ2) is 9.81. The fourth-order valence-electron chi connectivity index (χ4n) is 3.95. The van der Waals surface area contributed by atoms with Gasteiger partial charge in [0.25, 0.3) is 5.91 Å². The minimum absolute atomic E-state index is 0.0697. The van der Waals surface area contributed by atoms with Crippen LogP contribution in [-0.2, 0) is 13.0 Å². The molecule has 0 radical (unpaired) electrons. The number of hydrogen-bond donors (Lipinski definition) is 5. The number of aromatic amines is 1. The molecule has 0 atom stereocenters. The maximum atomic E-state index is 13.4. The van der Waals surface area contributed by atoms with E-state index in [0.29, 0.717) is 29.8 Å². The normalized spacial score (nSPS) is 11.1. The van der Waals surface area contributed by atoms with Gasteiger partial charge in [-0.1, -0.05) is 19.1 Å². The number of pyridine rings is 1. The van der Waals surface area contributed by atoms with Gasteiger partial charge in [0.1, 0.15) is 11.5 Å². The van der Waals surface area contributed by atoms with Crippen LogP contribution in [0.25, 0.3) is 22.3 Å². The molecule has 2 aromatic carbocycles. The molecule has 4 aromatic rings. The smallest absolute Gasteiger partial charge is 0.252 e. The lowest BCUT2D eigenvalue weighted by Crippen LogP contribution is -2.19. The summed E-state index contributed by atoms with van der Waals surface area (Å²) in [6, 6.07) is 14.0. The molecule has 33 heavy (non-hydrogen) atoms. The maximum Gasteiger partial charge on any atom is 0.252 e. The predicted molar refractivity (Wildman–Crippen MR) is 128 cm³/mol. The number of aliphatic hydroxyl groups is 1. The van der Waals surface area contributed by atoms with E-state index in [0.717, 1.165) is 34.5 Å². The molecule has 7 nitrogen and oxygen atoms in total. The Labute approximate surface area is 190 Å². The van der Waals surface area contributed by atoms with E-state index >= 15 is 0 Å². The molecule has 1 amide bonds. The van der Waals surface area contributed by atoms with Crippen molar-refractivity contribution in [2.24, 2.45) is 5.73 Å². The minimum Gasteiger partial charge on any atom is -0.395 e. The van der Waals surface area contributed by atoms with Crippen LogP contribution in [0.5, 0.6) is 0 Å². The topological polar surface area (TPSA) is 116 Å². The summed E-state index contributed by atoms with van der Waals surface area (Å²) >= 11 is 0. The van der Waals surface area contributed by atoms with Gasteiger partial charge in [-0.05, 0) is 59.5 Å². The summed E-state index contributed by atoms with van der Waals surface area (Å²) in [5, 5.41) is 16.4. The third kappa shape index (κ3) is 4.72. The summed E-state index contributed by atoms with van der Waals surface area (Å²) in [6.07, 6.45) is 2.23. The number of halogens is 1. The van der Waals surface area contributed by atoms with Gasteiger partial charge in [-0.3, -0.25) is 4.79 Å². The van der Waals surface area contributed by atoms with E-state index in [1.54, 1.807) is 12.1 Å². The van der Waals surface area contributed by atoms with Gasteiger partial charge in [0.2, 0.25) is 0 Å². The first-order valence-electron chi connectivity index (χ1n) is 10.8. The van der Waals surface area contributed by atoms with Crippen molar-refractivity contribution in [3.05, 3.63) is 77.2 Å². The van der Waals surface area contributed by atoms with Gasteiger partial charge in [-0.15, -0.1) is 0 Å². The minimum atomic E-state index is -0.588. The standard InChI is InChI=1S/C25H26FN5O2/c1-2-18-16(13-28-10-11-32)4-3-5-21(18)30-23-19-12-22(15-6-8-17(26)9-7-15)31-25(19)29-14-20(23)24(27)33/h3-9,12,14,28,32H,2,10-11,13H2,1H3,(H2,27,33)(H2,29,30,31). The number of nitrogens with two attached hydrogens (primary N) is 1. The summed E-state index contributed by atoms with van der Waals surface area (Å²) in [7, 11) is 0. The van der Waals surface area contributed by atoms with Gasteiger partial charge in [0.05, 0.1) is 17.9 Å². The first kappa shape index (κ1) is 22.4. The Morgan fingerprint density at radius 1 is 1.21 bits per heavy atom. The van der Waals surface area contributed by atoms with Crippen molar-refractivity contribution in [1.29, 1.82) is 0 Å². The Morgan fingerprint density at radius 3 is 2.70 bits per heavy atom. The molecule has 0 saturated carbocycles. The number of H-pyrrole nitrogens is 1. The van der Waals surface area contributed by atoms with Gasteiger partial charge >= 0.3 is 0 Å². The monoisotopic (exact) mass is 447 g/mol. The molecular formula is C25H26FN5O2. The second-order valence-electron chi connectivity index (χ2n) is 7.69. The molecule has 0 aliphatic heterocycles. The first-order chi connectivity index (χ1) is 16.0. The number of anilines is 2. The third-order valence-electron chi connectivity index (χ3n) is 5.57. The number of amides is 1. The van der Waals surface area contributed by atoms with Crippen LogP contribution in [0, 0.1) is 5.82 Å².